The average molecular weight is 276 g/mol. The minimum absolute atomic E-state index is 0.537. The Kier molecular flexibility index (Phi) is 5.86. The molecule has 1 aliphatic heterocycles. The van der Waals surface area contributed by atoms with Crippen LogP contribution in [0.1, 0.15) is 43.7 Å². The van der Waals surface area contributed by atoms with E-state index in [2.05, 4.69) is 24.0 Å². The molecule has 0 spiro atoms. The van der Waals surface area contributed by atoms with Crippen LogP contribution in [0, 0.1) is 5.92 Å². The highest BCUT2D eigenvalue weighted by Crippen LogP contribution is 2.24. The van der Waals surface area contributed by atoms with Gasteiger partial charge in [0.2, 0.25) is 0 Å². The van der Waals surface area contributed by atoms with E-state index in [1.807, 2.05) is 6.07 Å². The second kappa shape index (κ2) is 7.65. The number of nitrogens with zero attached hydrogens (tertiary/aromatic N) is 1. The number of rotatable bonds is 6. The quantitative estimate of drug-likeness (QED) is 0.867. The van der Waals surface area contributed by atoms with Crippen LogP contribution in [0.4, 0.5) is 0 Å². The van der Waals surface area contributed by atoms with Crippen LogP contribution in [0.3, 0.4) is 0 Å². The Morgan fingerprint density at radius 2 is 2.05 bits per heavy atom. The Bertz CT molecular complexity index is 411. The first kappa shape index (κ1) is 15.3. The fourth-order valence-electron chi connectivity index (χ4n) is 3.19. The van der Waals surface area contributed by atoms with E-state index < -0.39 is 0 Å². The van der Waals surface area contributed by atoms with Crippen molar-refractivity contribution >= 4 is 0 Å². The van der Waals surface area contributed by atoms with E-state index in [0.29, 0.717) is 6.54 Å². The fraction of sp³-hybridized carbons (Fsp3) is 0.647. The van der Waals surface area contributed by atoms with Crippen LogP contribution in [0.5, 0.6) is 5.75 Å². The monoisotopic (exact) mass is 276 g/mol. The predicted molar refractivity (Wildman–Crippen MR) is 83.8 cm³/mol. The summed E-state index contributed by atoms with van der Waals surface area (Å²) in [5.74, 6) is 1.85. The summed E-state index contributed by atoms with van der Waals surface area (Å²) in [5.41, 5.74) is 8.24. The maximum Gasteiger partial charge on any atom is 0.123 e. The fourth-order valence-corrected chi connectivity index (χ4v) is 3.19. The van der Waals surface area contributed by atoms with Gasteiger partial charge in [0.1, 0.15) is 5.75 Å². The van der Waals surface area contributed by atoms with Crippen molar-refractivity contribution in [1.82, 2.24) is 4.90 Å². The number of hydrogen-bond donors (Lipinski definition) is 1. The summed E-state index contributed by atoms with van der Waals surface area (Å²) < 4.78 is 5.33. The highest BCUT2D eigenvalue weighted by Gasteiger charge is 2.18. The molecule has 0 unspecified atom stereocenters. The molecule has 0 bridgehead atoms. The van der Waals surface area contributed by atoms with Crippen molar-refractivity contribution in [2.75, 3.05) is 20.2 Å². The molecule has 1 aliphatic rings. The summed E-state index contributed by atoms with van der Waals surface area (Å²) in [5, 5.41) is 0. The van der Waals surface area contributed by atoms with Crippen LogP contribution in [0.15, 0.2) is 18.2 Å². The molecule has 20 heavy (non-hydrogen) atoms. The lowest BCUT2D eigenvalue weighted by Crippen LogP contribution is -2.33. The number of hydrogen-bond acceptors (Lipinski definition) is 3. The van der Waals surface area contributed by atoms with Crippen LogP contribution < -0.4 is 10.5 Å². The van der Waals surface area contributed by atoms with E-state index in [-0.39, 0.29) is 0 Å². The maximum atomic E-state index is 5.79. The molecular formula is C17H28N2O. The molecule has 0 aromatic heterocycles. The van der Waals surface area contributed by atoms with Gasteiger partial charge in [-0.05, 0) is 49.5 Å². The molecule has 3 nitrogen and oxygen atoms in total. The summed E-state index contributed by atoms with van der Waals surface area (Å²) in [6.07, 6.45) is 5.43. The summed E-state index contributed by atoms with van der Waals surface area (Å²) in [4.78, 5) is 2.56. The molecule has 0 amide bonds. The van der Waals surface area contributed by atoms with E-state index in [1.54, 1.807) is 7.11 Å². The van der Waals surface area contributed by atoms with Crippen LogP contribution in [-0.2, 0) is 13.1 Å². The van der Waals surface area contributed by atoms with Gasteiger partial charge >= 0.3 is 0 Å². The zero-order valence-electron chi connectivity index (χ0n) is 12.9. The number of methoxy groups -OCH3 is 1. The molecule has 112 valence electrons. The molecule has 0 aliphatic carbocycles. The van der Waals surface area contributed by atoms with Crippen molar-refractivity contribution in [3.8, 4) is 5.75 Å². The number of piperidine rings is 1. The third kappa shape index (κ3) is 3.97. The average Bonchev–Trinajstić information content (AvgIpc) is 2.49. The smallest absolute Gasteiger partial charge is 0.123 e. The first-order chi connectivity index (χ1) is 9.76. The number of nitrogens with two attached hydrogens (primary N) is 1. The summed E-state index contributed by atoms with van der Waals surface area (Å²) >= 11 is 0. The van der Waals surface area contributed by atoms with Crippen molar-refractivity contribution in [2.24, 2.45) is 11.7 Å². The molecule has 0 radical (unpaired) electrons. The minimum Gasteiger partial charge on any atom is -0.496 e. The molecule has 3 heteroatoms. The van der Waals surface area contributed by atoms with Gasteiger partial charge in [0.05, 0.1) is 7.11 Å². The van der Waals surface area contributed by atoms with E-state index in [0.717, 1.165) is 23.8 Å². The largest absolute Gasteiger partial charge is 0.496 e. The van der Waals surface area contributed by atoms with Crippen molar-refractivity contribution in [3.05, 3.63) is 29.3 Å². The van der Waals surface area contributed by atoms with Gasteiger partial charge in [-0.1, -0.05) is 25.8 Å². The summed E-state index contributed by atoms with van der Waals surface area (Å²) in [6.45, 7) is 6.33. The Balaban J connectivity index is 1.91. The molecule has 1 aromatic carbocycles. The standard InChI is InChI=1S/C17H28N2O/c1-3-4-14-7-9-19(10-8-14)13-15-5-6-17(20-2)16(11-15)12-18/h5-6,11,14H,3-4,7-10,12-13,18H2,1-2H3. The SMILES string of the molecule is CCCC1CCN(Cc2ccc(OC)c(CN)c2)CC1. The van der Waals surface area contributed by atoms with Gasteiger partial charge in [0.25, 0.3) is 0 Å². The van der Waals surface area contributed by atoms with Gasteiger partial charge in [-0.3, -0.25) is 4.90 Å². The van der Waals surface area contributed by atoms with E-state index in [9.17, 15) is 0 Å². The van der Waals surface area contributed by atoms with Crippen LogP contribution in [0.2, 0.25) is 0 Å². The van der Waals surface area contributed by atoms with E-state index in [1.165, 1.54) is 44.3 Å². The first-order valence-electron chi connectivity index (χ1n) is 7.85. The van der Waals surface area contributed by atoms with Crippen LogP contribution in [0.25, 0.3) is 0 Å². The van der Waals surface area contributed by atoms with Gasteiger partial charge in [0.15, 0.2) is 0 Å². The van der Waals surface area contributed by atoms with Crippen molar-refractivity contribution in [3.63, 3.8) is 0 Å². The summed E-state index contributed by atoms with van der Waals surface area (Å²) in [7, 11) is 1.70. The van der Waals surface area contributed by atoms with Gasteiger partial charge in [-0.2, -0.15) is 0 Å². The molecule has 1 fully saturated rings. The summed E-state index contributed by atoms with van der Waals surface area (Å²) in [6, 6.07) is 6.40. The first-order valence-corrected chi connectivity index (χ1v) is 7.85. The molecule has 2 N–H and O–H groups in total. The predicted octanol–water partition coefficient (Wildman–Crippen LogP) is 3.17. The van der Waals surface area contributed by atoms with Crippen molar-refractivity contribution in [2.45, 2.75) is 45.7 Å². The number of likely N-dealkylation sites (tertiary alicyclic amines) is 1. The topological polar surface area (TPSA) is 38.5 Å². The molecular weight excluding hydrogens is 248 g/mol. The second-order valence-electron chi connectivity index (χ2n) is 5.86. The number of benzene rings is 1. The lowest BCUT2D eigenvalue weighted by molar-refractivity contribution is 0.172. The zero-order valence-corrected chi connectivity index (χ0v) is 12.9. The van der Waals surface area contributed by atoms with Crippen LogP contribution >= 0.6 is 0 Å². The Morgan fingerprint density at radius 3 is 2.65 bits per heavy atom. The van der Waals surface area contributed by atoms with Crippen LogP contribution in [-0.4, -0.2) is 25.1 Å². The third-order valence-electron chi connectivity index (χ3n) is 4.37. The maximum absolute atomic E-state index is 5.79. The van der Waals surface area contributed by atoms with Gasteiger partial charge in [-0.25, -0.2) is 0 Å². The lowest BCUT2D eigenvalue weighted by Gasteiger charge is -2.32. The normalized spacial score (nSPS) is 17.4. The minimum atomic E-state index is 0.537. The highest BCUT2D eigenvalue weighted by molar-refractivity contribution is 5.37. The molecule has 0 saturated carbocycles. The van der Waals surface area contributed by atoms with Crippen molar-refractivity contribution < 1.29 is 4.74 Å². The molecule has 1 aromatic rings. The highest BCUT2D eigenvalue weighted by atomic mass is 16.5. The molecule has 2 rings (SSSR count). The van der Waals surface area contributed by atoms with E-state index in [4.69, 9.17) is 10.5 Å². The zero-order chi connectivity index (χ0) is 14.4. The van der Waals surface area contributed by atoms with Gasteiger partial charge in [0, 0.05) is 18.7 Å². The molecule has 0 atom stereocenters. The van der Waals surface area contributed by atoms with Crippen molar-refractivity contribution in [1.29, 1.82) is 0 Å². The molecule has 1 heterocycles. The second-order valence-corrected chi connectivity index (χ2v) is 5.86. The number of ether oxygens (including phenoxy) is 1. The van der Waals surface area contributed by atoms with Gasteiger partial charge < -0.3 is 10.5 Å². The lowest BCUT2D eigenvalue weighted by atomic mass is 9.92. The third-order valence-corrected chi connectivity index (χ3v) is 4.37. The molecule has 1 saturated heterocycles. The Hall–Kier alpha value is -1.06. The van der Waals surface area contributed by atoms with E-state index >= 15 is 0 Å². The Morgan fingerprint density at radius 1 is 1.30 bits per heavy atom. The van der Waals surface area contributed by atoms with Gasteiger partial charge in [-0.15, -0.1) is 0 Å². The Labute approximate surface area is 123 Å².